The van der Waals surface area contributed by atoms with Gasteiger partial charge in [-0.2, -0.15) is 0 Å². The van der Waals surface area contributed by atoms with E-state index in [0.29, 0.717) is 31.7 Å². The molecule has 1 unspecified atom stereocenters. The highest BCUT2D eigenvalue weighted by atomic mass is 16.5. The van der Waals surface area contributed by atoms with Gasteiger partial charge in [-0.05, 0) is 37.5 Å². The molecule has 148 valence electrons. The van der Waals surface area contributed by atoms with E-state index in [-0.39, 0.29) is 23.4 Å². The molecule has 1 atom stereocenters. The van der Waals surface area contributed by atoms with Gasteiger partial charge in [-0.15, -0.1) is 0 Å². The molecule has 1 aromatic rings. The number of anilines is 1. The fourth-order valence-corrected chi connectivity index (χ4v) is 3.39. The Morgan fingerprint density at radius 1 is 1.37 bits per heavy atom. The van der Waals surface area contributed by atoms with Gasteiger partial charge >= 0.3 is 0 Å². The van der Waals surface area contributed by atoms with Crippen LogP contribution in [0, 0.1) is 0 Å². The second-order valence-electron chi connectivity index (χ2n) is 7.39. The molecule has 2 amide bonds. The summed E-state index contributed by atoms with van der Waals surface area (Å²) in [5.41, 5.74) is 1.42. The zero-order valence-electron chi connectivity index (χ0n) is 16.3. The lowest BCUT2D eigenvalue weighted by atomic mass is 10.1. The molecule has 1 fully saturated rings. The Morgan fingerprint density at radius 2 is 2.15 bits per heavy atom. The van der Waals surface area contributed by atoms with E-state index in [9.17, 15) is 9.59 Å². The lowest BCUT2D eigenvalue weighted by Gasteiger charge is -2.36. The van der Waals surface area contributed by atoms with Crippen molar-refractivity contribution in [2.75, 3.05) is 38.8 Å². The van der Waals surface area contributed by atoms with Crippen LogP contribution in [0.5, 0.6) is 5.75 Å². The quantitative estimate of drug-likeness (QED) is 0.676. The molecule has 2 aliphatic rings. The Hall–Kier alpha value is -2.28. The summed E-state index contributed by atoms with van der Waals surface area (Å²) in [5, 5.41) is 5.99. The second kappa shape index (κ2) is 8.17. The summed E-state index contributed by atoms with van der Waals surface area (Å²) in [4.78, 5) is 26.8. The number of methoxy groups -OCH3 is 1. The van der Waals surface area contributed by atoms with E-state index in [1.165, 1.54) is 0 Å². The van der Waals surface area contributed by atoms with E-state index in [1.807, 2.05) is 24.1 Å². The summed E-state index contributed by atoms with van der Waals surface area (Å²) in [5.74, 6) is 0.642. The highest BCUT2D eigenvalue weighted by molar-refractivity contribution is 5.95. The SMILES string of the molecule is CCC1(NC(=O)CC2COc3ccc(C(=O)NCCOC)cc3N2C)CC1. The maximum absolute atomic E-state index is 12.4. The fourth-order valence-electron chi connectivity index (χ4n) is 3.39. The molecule has 1 aromatic carbocycles. The highest BCUT2D eigenvalue weighted by Gasteiger charge is 2.42. The third-order valence-corrected chi connectivity index (χ3v) is 5.53. The maximum Gasteiger partial charge on any atom is 0.251 e. The molecular formula is C20H29N3O4. The minimum absolute atomic E-state index is 0.0244. The van der Waals surface area contributed by atoms with Crippen molar-refractivity contribution in [1.29, 1.82) is 0 Å². The number of hydrogen-bond acceptors (Lipinski definition) is 5. The van der Waals surface area contributed by atoms with Gasteiger partial charge < -0.3 is 25.0 Å². The number of benzene rings is 1. The molecule has 0 radical (unpaired) electrons. The standard InChI is InChI=1S/C20H29N3O4/c1-4-20(7-8-20)22-18(24)12-15-13-27-17-6-5-14(11-16(17)23(15)2)19(25)21-9-10-26-3/h5-6,11,15H,4,7-10,12-13H2,1-3H3,(H,21,25)(H,22,24). The molecule has 7 heteroatoms. The Morgan fingerprint density at radius 3 is 2.81 bits per heavy atom. The monoisotopic (exact) mass is 375 g/mol. The zero-order chi connectivity index (χ0) is 19.4. The van der Waals surface area contributed by atoms with Crippen molar-refractivity contribution in [3.05, 3.63) is 23.8 Å². The molecule has 0 spiro atoms. The average molecular weight is 375 g/mol. The smallest absolute Gasteiger partial charge is 0.251 e. The lowest BCUT2D eigenvalue weighted by molar-refractivity contribution is -0.122. The van der Waals surface area contributed by atoms with Gasteiger partial charge in [0, 0.05) is 31.8 Å². The first-order valence-electron chi connectivity index (χ1n) is 9.56. The van der Waals surface area contributed by atoms with Gasteiger partial charge in [0.25, 0.3) is 5.91 Å². The molecule has 3 rings (SSSR count). The summed E-state index contributed by atoms with van der Waals surface area (Å²) in [7, 11) is 3.54. The number of rotatable bonds is 8. The van der Waals surface area contributed by atoms with E-state index in [1.54, 1.807) is 13.2 Å². The summed E-state index contributed by atoms with van der Waals surface area (Å²) in [6.07, 6.45) is 3.48. The van der Waals surface area contributed by atoms with Gasteiger partial charge in [-0.1, -0.05) is 6.92 Å². The number of carbonyl (C=O) groups is 2. The Labute approximate surface area is 160 Å². The van der Waals surface area contributed by atoms with E-state index >= 15 is 0 Å². The van der Waals surface area contributed by atoms with Gasteiger partial charge in [0.05, 0.1) is 24.8 Å². The van der Waals surface area contributed by atoms with Crippen LogP contribution < -0.4 is 20.3 Å². The van der Waals surface area contributed by atoms with Crippen LogP contribution in [0.4, 0.5) is 5.69 Å². The molecule has 0 bridgehead atoms. The van der Waals surface area contributed by atoms with Crippen LogP contribution in [0.3, 0.4) is 0 Å². The van der Waals surface area contributed by atoms with Crippen LogP contribution in [-0.2, 0) is 9.53 Å². The number of amides is 2. The second-order valence-corrected chi connectivity index (χ2v) is 7.39. The van der Waals surface area contributed by atoms with E-state index < -0.39 is 0 Å². The third kappa shape index (κ3) is 4.53. The molecule has 0 saturated heterocycles. The Kier molecular flexibility index (Phi) is 5.89. The van der Waals surface area contributed by atoms with Crippen molar-refractivity contribution in [3.8, 4) is 5.75 Å². The van der Waals surface area contributed by atoms with E-state index in [2.05, 4.69) is 17.6 Å². The molecule has 7 nitrogen and oxygen atoms in total. The number of nitrogens with one attached hydrogen (secondary N) is 2. The summed E-state index contributed by atoms with van der Waals surface area (Å²) in [6.45, 7) is 3.49. The molecule has 1 saturated carbocycles. The normalized spacial score (nSPS) is 19.7. The Bertz CT molecular complexity index is 702. The van der Waals surface area contributed by atoms with Crippen LogP contribution in [0.1, 0.15) is 43.0 Å². The van der Waals surface area contributed by atoms with E-state index in [4.69, 9.17) is 9.47 Å². The lowest BCUT2D eigenvalue weighted by Crippen LogP contribution is -2.46. The highest BCUT2D eigenvalue weighted by Crippen LogP contribution is 2.39. The molecule has 27 heavy (non-hydrogen) atoms. The van der Waals surface area contributed by atoms with Crippen molar-refractivity contribution >= 4 is 17.5 Å². The van der Waals surface area contributed by atoms with E-state index in [0.717, 1.165) is 30.7 Å². The van der Waals surface area contributed by atoms with Gasteiger partial charge in [0.15, 0.2) is 0 Å². The number of fused-ring (bicyclic) bond motifs is 1. The largest absolute Gasteiger partial charge is 0.489 e. The predicted molar refractivity (Wildman–Crippen MR) is 103 cm³/mol. The predicted octanol–water partition coefficient (Wildman–Crippen LogP) is 1.71. The first-order valence-corrected chi connectivity index (χ1v) is 9.56. The summed E-state index contributed by atoms with van der Waals surface area (Å²) < 4.78 is 10.8. The van der Waals surface area contributed by atoms with Gasteiger partial charge in [0.1, 0.15) is 12.4 Å². The zero-order valence-corrected chi connectivity index (χ0v) is 16.3. The Balaban J connectivity index is 1.64. The molecule has 2 N–H and O–H groups in total. The average Bonchev–Trinajstić information content (AvgIpc) is 3.44. The summed E-state index contributed by atoms with van der Waals surface area (Å²) in [6, 6.07) is 5.32. The van der Waals surface area contributed by atoms with Gasteiger partial charge in [-0.25, -0.2) is 0 Å². The molecule has 1 aliphatic carbocycles. The maximum atomic E-state index is 12.4. The van der Waals surface area contributed by atoms with Crippen molar-refractivity contribution in [1.82, 2.24) is 10.6 Å². The first-order chi connectivity index (χ1) is 13.0. The van der Waals surface area contributed by atoms with Crippen LogP contribution in [0.25, 0.3) is 0 Å². The van der Waals surface area contributed by atoms with Crippen molar-refractivity contribution in [2.45, 2.75) is 44.2 Å². The minimum atomic E-state index is -0.151. The number of likely N-dealkylation sites (N-methyl/N-ethyl adjacent to an activating group) is 1. The fraction of sp³-hybridized carbons (Fsp3) is 0.600. The topological polar surface area (TPSA) is 79.9 Å². The van der Waals surface area contributed by atoms with Crippen molar-refractivity contribution < 1.29 is 19.1 Å². The first kappa shape index (κ1) is 19.5. The molecule has 1 heterocycles. The number of carbonyl (C=O) groups excluding carboxylic acids is 2. The number of nitrogens with zero attached hydrogens (tertiary/aromatic N) is 1. The summed E-state index contributed by atoms with van der Waals surface area (Å²) >= 11 is 0. The molecule has 1 aliphatic heterocycles. The molecule has 0 aromatic heterocycles. The third-order valence-electron chi connectivity index (χ3n) is 5.53. The minimum Gasteiger partial charge on any atom is -0.489 e. The van der Waals surface area contributed by atoms with Crippen LogP contribution in [-0.4, -0.2) is 57.3 Å². The number of ether oxygens (including phenoxy) is 2. The van der Waals surface area contributed by atoms with Crippen LogP contribution in [0.2, 0.25) is 0 Å². The molecular weight excluding hydrogens is 346 g/mol. The van der Waals surface area contributed by atoms with Crippen molar-refractivity contribution in [2.24, 2.45) is 0 Å². The van der Waals surface area contributed by atoms with Crippen molar-refractivity contribution in [3.63, 3.8) is 0 Å². The van der Waals surface area contributed by atoms with Crippen LogP contribution >= 0.6 is 0 Å². The van der Waals surface area contributed by atoms with Crippen LogP contribution in [0.15, 0.2) is 18.2 Å². The van der Waals surface area contributed by atoms with Gasteiger partial charge in [-0.3, -0.25) is 9.59 Å². The number of hydrogen-bond donors (Lipinski definition) is 2. The van der Waals surface area contributed by atoms with Gasteiger partial charge in [0.2, 0.25) is 5.91 Å².